The first-order valence-electron chi connectivity index (χ1n) is 5.06. The predicted octanol–water partition coefficient (Wildman–Crippen LogP) is 2.37. The van der Waals surface area contributed by atoms with Gasteiger partial charge in [0, 0.05) is 11.7 Å². The Labute approximate surface area is 114 Å². The molecule has 0 aromatic carbocycles. The van der Waals surface area contributed by atoms with Gasteiger partial charge in [0.1, 0.15) is 5.15 Å². The zero-order chi connectivity index (χ0) is 13.9. The summed E-state index contributed by atoms with van der Waals surface area (Å²) >= 11 is 11.4. The SMILES string of the molecule is CC(C)(CC(=O)O)NC(=O)c1cnc(Cl)c(Cl)c1. The summed E-state index contributed by atoms with van der Waals surface area (Å²) in [6, 6.07) is 1.38. The van der Waals surface area contributed by atoms with E-state index in [1.165, 1.54) is 12.3 Å². The van der Waals surface area contributed by atoms with Crippen LogP contribution in [0.25, 0.3) is 0 Å². The number of carbonyl (C=O) groups excluding carboxylic acids is 1. The first-order valence-corrected chi connectivity index (χ1v) is 5.82. The van der Waals surface area contributed by atoms with E-state index in [-0.39, 0.29) is 22.2 Å². The molecule has 0 aliphatic rings. The van der Waals surface area contributed by atoms with Gasteiger partial charge in [-0.1, -0.05) is 23.2 Å². The minimum absolute atomic E-state index is 0.109. The van der Waals surface area contributed by atoms with E-state index in [1.807, 2.05) is 0 Å². The zero-order valence-electron chi connectivity index (χ0n) is 9.83. The molecule has 0 unspecified atom stereocenters. The molecule has 1 rings (SSSR count). The van der Waals surface area contributed by atoms with Crippen molar-refractivity contribution >= 4 is 35.1 Å². The minimum Gasteiger partial charge on any atom is -0.481 e. The Morgan fingerprint density at radius 1 is 1.44 bits per heavy atom. The maximum Gasteiger partial charge on any atom is 0.305 e. The maximum atomic E-state index is 11.9. The van der Waals surface area contributed by atoms with E-state index < -0.39 is 17.4 Å². The summed E-state index contributed by atoms with van der Waals surface area (Å²) in [4.78, 5) is 26.2. The van der Waals surface area contributed by atoms with Crippen LogP contribution in [0.15, 0.2) is 12.3 Å². The number of carboxylic acids is 1. The van der Waals surface area contributed by atoms with E-state index in [0.29, 0.717) is 0 Å². The van der Waals surface area contributed by atoms with Gasteiger partial charge in [0.05, 0.1) is 17.0 Å². The number of nitrogens with zero attached hydrogens (tertiary/aromatic N) is 1. The predicted molar refractivity (Wildman–Crippen MR) is 68.1 cm³/mol. The van der Waals surface area contributed by atoms with Crippen LogP contribution < -0.4 is 5.32 Å². The van der Waals surface area contributed by atoms with Crippen molar-refractivity contribution in [2.75, 3.05) is 0 Å². The van der Waals surface area contributed by atoms with Gasteiger partial charge in [-0.05, 0) is 19.9 Å². The molecule has 0 saturated heterocycles. The summed E-state index contributed by atoms with van der Waals surface area (Å²) in [5.74, 6) is -1.44. The number of hydrogen-bond donors (Lipinski definition) is 2. The monoisotopic (exact) mass is 290 g/mol. The summed E-state index contributed by atoms with van der Waals surface area (Å²) in [6.45, 7) is 3.23. The molecule has 1 aromatic heterocycles. The number of aliphatic carboxylic acids is 1. The highest BCUT2D eigenvalue weighted by Gasteiger charge is 2.24. The van der Waals surface area contributed by atoms with Crippen LogP contribution in [0.3, 0.4) is 0 Å². The Bertz CT molecular complexity index is 489. The third-order valence-electron chi connectivity index (χ3n) is 2.10. The number of halogens is 2. The smallest absolute Gasteiger partial charge is 0.305 e. The Balaban J connectivity index is 2.82. The molecule has 0 spiro atoms. The largest absolute Gasteiger partial charge is 0.481 e. The van der Waals surface area contributed by atoms with Crippen molar-refractivity contribution in [1.29, 1.82) is 0 Å². The summed E-state index contributed by atoms with van der Waals surface area (Å²) in [5, 5.41) is 11.6. The lowest BCUT2D eigenvalue weighted by Gasteiger charge is -2.24. The number of hydrogen-bond acceptors (Lipinski definition) is 3. The molecule has 1 amide bonds. The average molecular weight is 291 g/mol. The van der Waals surface area contributed by atoms with Crippen LogP contribution >= 0.6 is 23.2 Å². The van der Waals surface area contributed by atoms with E-state index in [4.69, 9.17) is 28.3 Å². The van der Waals surface area contributed by atoms with Gasteiger partial charge in [-0.2, -0.15) is 0 Å². The van der Waals surface area contributed by atoms with Crippen molar-refractivity contribution in [2.45, 2.75) is 25.8 Å². The molecule has 18 heavy (non-hydrogen) atoms. The number of nitrogens with one attached hydrogen (secondary N) is 1. The number of rotatable bonds is 4. The van der Waals surface area contributed by atoms with Crippen molar-refractivity contribution in [1.82, 2.24) is 10.3 Å². The van der Waals surface area contributed by atoms with Crippen molar-refractivity contribution in [2.24, 2.45) is 0 Å². The van der Waals surface area contributed by atoms with Crippen molar-refractivity contribution in [3.63, 3.8) is 0 Å². The van der Waals surface area contributed by atoms with E-state index in [0.717, 1.165) is 0 Å². The highest BCUT2D eigenvalue weighted by molar-refractivity contribution is 6.41. The van der Waals surface area contributed by atoms with Gasteiger partial charge < -0.3 is 10.4 Å². The number of amides is 1. The van der Waals surface area contributed by atoms with Crippen LogP contribution in [0.2, 0.25) is 10.2 Å². The number of carbonyl (C=O) groups is 2. The van der Waals surface area contributed by atoms with Crippen LogP contribution in [0, 0.1) is 0 Å². The Morgan fingerprint density at radius 3 is 2.56 bits per heavy atom. The fourth-order valence-corrected chi connectivity index (χ4v) is 1.62. The molecule has 1 aromatic rings. The molecule has 2 N–H and O–H groups in total. The molecule has 5 nitrogen and oxygen atoms in total. The Hall–Kier alpha value is -1.33. The summed E-state index contributed by atoms with van der Waals surface area (Å²) in [5.41, 5.74) is -0.641. The molecular formula is C11H12Cl2N2O3. The second-order valence-electron chi connectivity index (χ2n) is 4.41. The first-order chi connectivity index (χ1) is 8.21. The Morgan fingerprint density at radius 2 is 2.06 bits per heavy atom. The van der Waals surface area contributed by atoms with Gasteiger partial charge in [0.15, 0.2) is 0 Å². The van der Waals surface area contributed by atoms with Gasteiger partial charge in [-0.3, -0.25) is 9.59 Å². The molecular weight excluding hydrogens is 279 g/mol. The highest BCUT2D eigenvalue weighted by Crippen LogP contribution is 2.20. The van der Waals surface area contributed by atoms with Gasteiger partial charge >= 0.3 is 5.97 Å². The van der Waals surface area contributed by atoms with E-state index in [9.17, 15) is 9.59 Å². The molecule has 0 aliphatic heterocycles. The summed E-state index contributed by atoms with van der Waals surface area (Å²) < 4.78 is 0. The third-order valence-corrected chi connectivity index (χ3v) is 2.79. The highest BCUT2D eigenvalue weighted by atomic mass is 35.5. The van der Waals surface area contributed by atoms with Crippen molar-refractivity contribution in [3.8, 4) is 0 Å². The standard InChI is InChI=1S/C11H12Cl2N2O3/c1-11(2,4-8(16)17)15-10(18)6-3-7(12)9(13)14-5-6/h3,5H,4H2,1-2H3,(H,15,18)(H,16,17). The fraction of sp³-hybridized carbons (Fsp3) is 0.364. The molecule has 1 heterocycles. The quantitative estimate of drug-likeness (QED) is 0.835. The van der Waals surface area contributed by atoms with E-state index in [2.05, 4.69) is 10.3 Å². The van der Waals surface area contributed by atoms with E-state index >= 15 is 0 Å². The second-order valence-corrected chi connectivity index (χ2v) is 5.17. The second kappa shape index (κ2) is 5.54. The normalized spacial score (nSPS) is 11.1. The fourth-order valence-electron chi connectivity index (χ4n) is 1.35. The molecule has 0 atom stereocenters. The minimum atomic E-state index is -0.993. The van der Waals surface area contributed by atoms with Crippen LogP contribution in [-0.2, 0) is 4.79 Å². The van der Waals surface area contributed by atoms with Crippen LogP contribution in [-0.4, -0.2) is 27.5 Å². The molecule has 0 fully saturated rings. The van der Waals surface area contributed by atoms with Gasteiger partial charge in [-0.25, -0.2) is 4.98 Å². The van der Waals surface area contributed by atoms with Gasteiger partial charge in [0.25, 0.3) is 5.91 Å². The molecule has 7 heteroatoms. The molecule has 98 valence electrons. The first kappa shape index (κ1) is 14.7. The number of carboxylic acid groups (broad SMARTS) is 1. The van der Waals surface area contributed by atoms with Crippen LogP contribution in [0.5, 0.6) is 0 Å². The Kier molecular flexibility index (Phi) is 4.53. The average Bonchev–Trinajstić information content (AvgIpc) is 2.19. The maximum absolute atomic E-state index is 11.9. The lowest BCUT2D eigenvalue weighted by atomic mass is 10.0. The zero-order valence-corrected chi connectivity index (χ0v) is 11.3. The number of aromatic nitrogens is 1. The van der Waals surface area contributed by atoms with Gasteiger partial charge in [-0.15, -0.1) is 0 Å². The number of pyridine rings is 1. The molecule has 0 bridgehead atoms. The van der Waals surface area contributed by atoms with Crippen LogP contribution in [0.4, 0.5) is 0 Å². The summed E-state index contributed by atoms with van der Waals surface area (Å²) in [6.07, 6.45) is 1.09. The molecule has 0 aliphatic carbocycles. The van der Waals surface area contributed by atoms with Gasteiger partial charge in [0.2, 0.25) is 0 Å². The van der Waals surface area contributed by atoms with E-state index in [1.54, 1.807) is 13.8 Å². The third kappa shape index (κ3) is 4.16. The summed E-state index contributed by atoms with van der Waals surface area (Å²) in [7, 11) is 0. The van der Waals surface area contributed by atoms with Crippen molar-refractivity contribution < 1.29 is 14.7 Å². The van der Waals surface area contributed by atoms with Crippen LogP contribution in [0.1, 0.15) is 30.6 Å². The lowest BCUT2D eigenvalue weighted by Crippen LogP contribution is -2.44. The molecule has 0 radical (unpaired) electrons. The van der Waals surface area contributed by atoms with Crippen molar-refractivity contribution in [3.05, 3.63) is 28.0 Å². The lowest BCUT2D eigenvalue weighted by molar-refractivity contribution is -0.138. The molecule has 0 saturated carbocycles. The topological polar surface area (TPSA) is 79.3 Å².